The number of aromatic nitrogens is 3. The predicted octanol–water partition coefficient (Wildman–Crippen LogP) is 2.24. The smallest absolute Gasteiger partial charge is 0.349 e. The number of rotatable bonds is 4. The Bertz CT molecular complexity index is 669. The number of alkyl halides is 3. The third-order valence-corrected chi connectivity index (χ3v) is 3.66. The van der Waals surface area contributed by atoms with Gasteiger partial charge < -0.3 is 5.32 Å². The molecule has 0 radical (unpaired) electrons. The van der Waals surface area contributed by atoms with Crippen LogP contribution in [0.15, 0.2) is 30.6 Å². The minimum Gasteiger partial charge on any atom is -0.349 e. The predicted molar refractivity (Wildman–Crippen MR) is 70.5 cm³/mol. The molecule has 22 heavy (non-hydrogen) atoms. The zero-order chi connectivity index (χ0) is 15.7. The first-order valence-corrected chi connectivity index (χ1v) is 6.74. The third-order valence-electron chi connectivity index (χ3n) is 3.66. The summed E-state index contributed by atoms with van der Waals surface area (Å²) >= 11 is 0. The van der Waals surface area contributed by atoms with E-state index in [1.54, 1.807) is 6.07 Å². The van der Waals surface area contributed by atoms with Crippen LogP contribution < -0.4 is 5.32 Å². The number of nitrogens with one attached hydrogen (secondary N) is 2. The standard InChI is InChI=1S/C14H13F3N4O/c15-14(16,17)9-3-1-2-8(4-9)10-5-11(10)13(22)18-6-12-19-7-20-21-12/h1-4,7,10-11H,5-6H2,(H,18,22)(H,19,20,21)/t10-,11+/m1/s1. The van der Waals surface area contributed by atoms with E-state index in [0.29, 0.717) is 17.8 Å². The lowest BCUT2D eigenvalue weighted by Gasteiger charge is -2.08. The second-order valence-electron chi connectivity index (χ2n) is 5.22. The lowest BCUT2D eigenvalue weighted by atomic mass is 10.1. The van der Waals surface area contributed by atoms with Gasteiger partial charge in [0, 0.05) is 5.92 Å². The van der Waals surface area contributed by atoms with E-state index in [4.69, 9.17) is 0 Å². The molecule has 0 unspecified atom stereocenters. The van der Waals surface area contributed by atoms with Crippen LogP contribution in [0.5, 0.6) is 0 Å². The largest absolute Gasteiger partial charge is 0.416 e. The van der Waals surface area contributed by atoms with Crippen LogP contribution in [-0.4, -0.2) is 21.1 Å². The minimum atomic E-state index is -4.37. The van der Waals surface area contributed by atoms with Crippen LogP contribution in [0, 0.1) is 5.92 Å². The Labute approximate surface area is 123 Å². The Balaban J connectivity index is 1.61. The molecule has 1 saturated carbocycles. The molecular formula is C14H13F3N4O. The monoisotopic (exact) mass is 310 g/mol. The highest BCUT2D eigenvalue weighted by atomic mass is 19.4. The molecule has 1 aromatic heterocycles. The molecule has 1 heterocycles. The summed E-state index contributed by atoms with van der Waals surface area (Å²) in [4.78, 5) is 15.8. The molecule has 0 spiro atoms. The average Bonchev–Trinajstić information content (AvgIpc) is 3.12. The molecule has 0 bridgehead atoms. The van der Waals surface area contributed by atoms with Gasteiger partial charge in [-0.25, -0.2) is 4.98 Å². The first-order valence-electron chi connectivity index (χ1n) is 6.74. The second-order valence-corrected chi connectivity index (χ2v) is 5.22. The molecule has 1 aromatic carbocycles. The molecule has 8 heteroatoms. The van der Waals surface area contributed by atoms with E-state index < -0.39 is 11.7 Å². The van der Waals surface area contributed by atoms with Crippen molar-refractivity contribution in [1.29, 1.82) is 0 Å². The third kappa shape index (κ3) is 3.10. The molecule has 0 aliphatic heterocycles. The maximum atomic E-state index is 12.7. The molecule has 116 valence electrons. The highest BCUT2D eigenvalue weighted by molar-refractivity contribution is 5.82. The molecule has 5 nitrogen and oxygen atoms in total. The molecule has 0 saturated heterocycles. The van der Waals surface area contributed by atoms with Gasteiger partial charge in [-0.2, -0.15) is 18.3 Å². The quantitative estimate of drug-likeness (QED) is 0.910. The van der Waals surface area contributed by atoms with Crippen molar-refractivity contribution in [3.05, 3.63) is 47.5 Å². The van der Waals surface area contributed by atoms with E-state index in [0.717, 1.165) is 12.1 Å². The van der Waals surface area contributed by atoms with Gasteiger partial charge >= 0.3 is 6.18 Å². The lowest BCUT2D eigenvalue weighted by molar-refractivity contribution is -0.137. The van der Waals surface area contributed by atoms with Crippen molar-refractivity contribution in [2.45, 2.75) is 25.1 Å². The molecule has 1 amide bonds. The molecule has 2 aromatic rings. The second kappa shape index (κ2) is 5.43. The Hall–Kier alpha value is -2.38. The van der Waals surface area contributed by atoms with Gasteiger partial charge in [0.1, 0.15) is 12.2 Å². The lowest BCUT2D eigenvalue weighted by Crippen LogP contribution is -2.25. The Kier molecular flexibility index (Phi) is 3.59. The van der Waals surface area contributed by atoms with Crippen LogP contribution in [0.4, 0.5) is 13.2 Å². The van der Waals surface area contributed by atoms with Gasteiger partial charge in [-0.05, 0) is 24.0 Å². The van der Waals surface area contributed by atoms with Gasteiger partial charge in [0.15, 0.2) is 0 Å². The highest BCUT2D eigenvalue weighted by Crippen LogP contribution is 2.48. The summed E-state index contributed by atoms with van der Waals surface area (Å²) < 4.78 is 38.1. The van der Waals surface area contributed by atoms with Gasteiger partial charge in [-0.3, -0.25) is 9.89 Å². The van der Waals surface area contributed by atoms with Gasteiger partial charge in [0.2, 0.25) is 5.91 Å². The van der Waals surface area contributed by atoms with Crippen molar-refractivity contribution < 1.29 is 18.0 Å². The van der Waals surface area contributed by atoms with Gasteiger partial charge in [0.25, 0.3) is 0 Å². The zero-order valence-corrected chi connectivity index (χ0v) is 11.4. The average molecular weight is 310 g/mol. The fraction of sp³-hybridized carbons (Fsp3) is 0.357. The summed E-state index contributed by atoms with van der Waals surface area (Å²) in [7, 11) is 0. The molecule has 3 rings (SSSR count). The maximum Gasteiger partial charge on any atom is 0.416 e. The topological polar surface area (TPSA) is 70.7 Å². The summed E-state index contributed by atoms with van der Waals surface area (Å²) in [5.74, 6) is -0.0909. The zero-order valence-electron chi connectivity index (χ0n) is 11.4. The number of H-pyrrole nitrogens is 1. The fourth-order valence-electron chi connectivity index (χ4n) is 2.42. The number of halogens is 3. The summed E-state index contributed by atoms with van der Waals surface area (Å²) in [5.41, 5.74) is -0.132. The molecule has 2 N–H and O–H groups in total. The summed E-state index contributed by atoms with van der Waals surface area (Å²) in [6.07, 6.45) is -2.47. The molecular weight excluding hydrogens is 297 g/mol. The number of aromatic amines is 1. The van der Waals surface area contributed by atoms with Gasteiger partial charge in [0.05, 0.1) is 12.1 Å². The molecule has 2 atom stereocenters. The van der Waals surface area contributed by atoms with E-state index >= 15 is 0 Å². The Morgan fingerprint density at radius 1 is 1.41 bits per heavy atom. The molecule has 1 aliphatic rings. The minimum absolute atomic E-state index is 0.156. The van der Waals surface area contributed by atoms with Crippen LogP contribution in [-0.2, 0) is 17.5 Å². The summed E-state index contributed by atoms with van der Waals surface area (Å²) in [5, 5.41) is 8.98. The molecule has 1 fully saturated rings. The first kappa shape index (κ1) is 14.6. The number of amides is 1. The van der Waals surface area contributed by atoms with E-state index in [1.807, 2.05) is 0 Å². The number of hydrogen-bond acceptors (Lipinski definition) is 3. The van der Waals surface area contributed by atoms with Crippen molar-refractivity contribution in [1.82, 2.24) is 20.5 Å². The van der Waals surface area contributed by atoms with Gasteiger partial charge in [-0.15, -0.1) is 0 Å². The number of benzene rings is 1. The first-order chi connectivity index (χ1) is 10.4. The SMILES string of the molecule is O=C(NCc1ncn[nH]1)[C@H]1C[C@@H]1c1cccc(C(F)(F)F)c1. The van der Waals surface area contributed by atoms with Crippen molar-refractivity contribution in [3.63, 3.8) is 0 Å². The van der Waals surface area contributed by atoms with Crippen LogP contribution in [0.1, 0.15) is 29.3 Å². The van der Waals surface area contributed by atoms with Crippen LogP contribution in [0.2, 0.25) is 0 Å². The van der Waals surface area contributed by atoms with E-state index in [-0.39, 0.29) is 24.3 Å². The fourth-order valence-corrected chi connectivity index (χ4v) is 2.42. The number of hydrogen-bond donors (Lipinski definition) is 2. The van der Waals surface area contributed by atoms with Crippen LogP contribution in [0.3, 0.4) is 0 Å². The normalized spacial score (nSPS) is 20.7. The maximum absolute atomic E-state index is 12.7. The van der Waals surface area contributed by atoms with E-state index in [1.165, 1.54) is 12.4 Å². The van der Waals surface area contributed by atoms with E-state index in [2.05, 4.69) is 20.5 Å². The van der Waals surface area contributed by atoms with Crippen molar-refractivity contribution in [2.75, 3.05) is 0 Å². The Morgan fingerprint density at radius 3 is 2.91 bits per heavy atom. The Morgan fingerprint density at radius 2 is 2.23 bits per heavy atom. The van der Waals surface area contributed by atoms with E-state index in [9.17, 15) is 18.0 Å². The van der Waals surface area contributed by atoms with Crippen LogP contribution in [0.25, 0.3) is 0 Å². The van der Waals surface area contributed by atoms with Crippen molar-refractivity contribution in [3.8, 4) is 0 Å². The van der Waals surface area contributed by atoms with Crippen molar-refractivity contribution >= 4 is 5.91 Å². The highest BCUT2D eigenvalue weighted by Gasteiger charge is 2.44. The van der Waals surface area contributed by atoms with Crippen molar-refractivity contribution in [2.24, 2.45) is 5.92 Å². The summed E-state index contributed by atoms with van der Waals surface area (Å²) in [6, 6.07) is 5.16. The van der Waals surface area contributed by atoms with Crippen LogP contribution >= 0.6 is 0 Å². The summed E-state index contributed by atoms with van der Waals surface area (Å²) in [6.45, 7) is 0.227. The number of carbonyl (C=O) groups excluding carboxylic acids is 1. The number of carbonyl (C=O) groups is 1. The number of nitrogens with zero attached hydrogens (tertiary/aromatic N) is 2. The molecule has 1 aliphatic carbocycles. The van der Waals surface area contributed by atoms with Gasteiger partial charge in [-0.1, -0.05) is 18.2 Å².